The number of pyridine rings is 1. The number of ether oxygens (including phenoxy) is 1. The summed E-state index contributed by atoms with van der Waals surface area (Å²) >= 11 is 0. The van der Waals surface area contributed by atoms with E-state index in [9.17, 15) is 9.90 Å². The van der Waals surface area contributed by atoms with E-state index in [2.05, 4.69) is 63.1 Å². The number of hydrogen-bond donors (Lipinski definition) is 2. The van der Waals surface area contributed by atoms with E-state index in [4.69, 9.17) is 4.74 Å². The van der Waals surface area contributed by atoms with Gasteiger partial charge in [0.25, 0.3) is 0 Å². The molecule has 0 radical (unpaired) electrons. The summed E-state index contributed by atoms with van der Waals surface area (Å²) in [6.45, 7) is 14.3. The molecule has 0 amide bonds. The van der Waals surface area contributed by atoms with Crippen molar-refractivity contribution in [1.82, 2.24) is 4.98 Å². The Bertz CT molecular complexity index is 869. The van der Waals surface area contributed by atoms with Crippen molar-refractivity contribution in [1.29, 1.82) is 0 Å². The van der Waals surface area contributed by atoms with Crippen LogP contribution in [0.4, 0.5) is 0 Å². The Morgan fingerprint density at radius 2 is 1.87 bits per heavy atom. The predicted molar refractivity (Wildman–Crippen MR) is 127 cm³/mol. The standard InChI is InChI=1S/C26H39NO3/c1-17(2)14-20(5)26(29)21(6)15-19(4)11-9-10-18(3)12-13-23-22(7)24(28)16-25(27-23)30-8/h9,11-12,14-17,21,26,29H,10,13H2,1-8H3,(H,27,28)/b11-9+,18-12+,19-15+,20-14+. The molecule has 1 heterocycles. The van der Waals surface area contributed by atoms with E-state index >= 15 is 0 Å². The van der Waals surface area contributed by atoms with Crippen molar-refractivity contribution in [3.8, 4) is 5.88 Å². The lowest BCUT2D eigenvalue weighted by atomic mass is 9.94. The number of aliphatic hydroxyl groups excluding tert-OH is 1. The van der Waals surface area contributed by atoms with Crippen LogP contribution in [0, 0.1) is 18.8 Å². The zero-order chi connectivity index (χ0) is 22.8. The molecule has 1 aromatic rings. The molecule has 2 N–H and O–H groups in total. The summed E-state index contributed by atoms with van der Waals surface area (Å²) in [6, 6.07) is 1.48. The van der Waals surface area contributed by atoms with Crippen molar-refractivity contribution >= 4 is 0 Å². The van der Waals surface area contributed by atoms with Gasteiger partial charge in [0, 0.05) is 29.7 Å². The van der Waals surface area contributed by atoms with Crippen molar-refractivity contribution in [3.05, 3.63) is 74.6 Å². The number of aliphatic hydroxyl groups is 1. The molecule has 2 atom stereocenters. The second-order valence-corrected chi connectivity index (χ2v) is 8.54. The van der Waals surface area contributed by atoms with Gasteiger partial charge in [0.1, 0.15) is 0 Å². The minimum Gasteiger partial charge on any atom is -0.482 e. The number of H-pyrrole nitrogens is 1. The van der Waals surface area contributed by atoms with Gasteiger partial charge in [0.2, 0.25) is 0 Å². The highest BCUT2D eigenvalue weighted by Gasteiger charge is 2.13. The first-order valence-electron chi connectivity index (χ1n) is 10.7. The lowest BCUT2D eigenvalue weighted by molar-refractivity contribution is 0.172. The lowest BCUT2D eigenvalue weighted by Gasteiger charge is -2.18. The Morgan fingerprint density at radius 3 is 2.47 bits per heavy atom. The largest absolute Gasteiger partial charge is 0.482 e. The highest BCUT2D eigenvalue weighted by Crippen LogP contribution is 2.18. The molecule has 0 spiro atoms. The van der Waals surface area contributed by atoms with Gasteiger partial charge >= 0.3 is 0 Å². The molecule has 0 aliphatic rings. The number of rotatable bonds is 10. The van der Waals surface area contributed by atoms with E-state index in [-0.39, 0.29) is 11.3 Å². The second kappa shape index (κ2) is 12.4. The number of aromatic nitrogens is 1. The summed E-state index contributed by atoms with van der Waals surface area (Å²) in [6.07, 6.45) is 11.6. The van der Waals surface area contributed by atoms with Gasteiger partial charge in [0.05, 0.1) is 13.2 Å². The molecule has 0 aliphatic heterocycles. The molecule has 0 fully saturated rings. The molecule has 4 heteroatoms. The number of allylic oxidation sites excluding steroid dienone is 6. The molecule has 166 valence electrons. The molecule has 2 unspecified atom stereocenters. The van der Waals surface area contributed by atoms with Crippen molar-refractivity contribution in [2.24, 2.45) is 11.8 Å². The monoisotopic (exact) mass is 413 g/mol. The Labute approximate surface area is 182 Å². The van der Waals surface area contributed by atoms with Crippen molar-refractivity contribution in [3.63, 3.8) is 0 Å². The highest BCUT2D eigenvalue weighted by molar-refractivity contribution is 5.27. The number of aromatic amines is 1. The topological polar surface area (TPSA) is 62.3 Å². The molecule has 0 saturated carbocycles. The third kappa shape index (κ3) is 8.58. The van der Waals surface area contributed by atoms with E-state index in [0.717, 1.165) is 28.8 Å². The fourth-order valence-corrected chi connectivity index (χ4v) is 3.36. The summed E-state index contributed by atoms with van der Waals surface area (Å²) in [5, 5.41) is 10.5. The fraction of sp³-hybridized carbons (Fsp3) is 0.500. The Hall–Kier alpha value is -2.33. The first kappa shape index (κ1) is 25.7. The molecule has 0 aliphatic carbocycles. The first-order valence-corrected chi connectivity index (χ1v) is 10.7. The van der Waals surface area contributed by atoms with Crippen LogP contribution in [-0.4, -0.2) is 23.3 Å². The van der Waals surface area contributed by atoms with Crippen LogP contribution < -0.4 is 10.2 Å². The highest BCUT2D eigenvalue weighted by atomic mass is 16.5. The van der Waals surface area contributed by atoms with Gasteiger partial charge in [-0.2, -0.15) is 0 Å². The van der Waals surface area contributed by atoms with Crippen LogP contribution in [0.25, 0.3) is 0 Å². The van der Waals surface area contributed by atoms with Crippen molar-refractivity contribution in [2.45, 2.75) is 67.4 Å². The third-order valence-electron chi connectivity index (χ3n) is 5.14. The van der Waals surface area contributed by atoms with E-state index < -0.39 is 6.10 Å². The van der Waals surface area contributed by atoms with Crippen molar-refractivity contribution in [2.75, 3.05) is 7.11 Å². The zero-order valence-corrected chi connectivity index (χ0v) is 19.9. The van der Waals surface area contributed by atoms with Crippen LogP contribution in [-0.2, 0) is 6.42 Å². The molecule has 0 saturated heterocycles. The average molecular weight is 414 g/mol. The Morgan fingerprint density at radius 1 is 1.20 bits per heavy atom. The Balaban J connectivity index is 2.71. The van der Waals surface area contributed by atoms with Gasteiger partial charge < -0.3 is 14.8 Å². The molecule has 0 bridgehead atoms. The van der Waals surface area contributed by atoms with Gasteiger partial charge in [-0.3, -0.25) is 4.79 Å². The van der Waals surface area contributed by atoms with Crippen LogP contribution in [0.1, 0.15) is 59.2 Å². The minimum atomic E-state index is -0.453. The molecule has 0 aromatic carbocycles. The van der Waals surface area contributed by atoms with Crippen LogP contribution in [0.15, 0.2) is 58.0 Å². The minimum absolute atomic E-state index is 0.0119. The quantitative estimate of drug-likeness (QED) is 0.383. The molecule has 4 nitrogen and oxygen atoms in total. The van der Waals surface area contributed by atoms with Crippen LogP contribution in [0.2, 0.25) is 0 Å². The fourth-order valence-electron chi connectivity index (χ4n) is 3.36. The maximum atomic E-state index is 12.0. The van der Waals surface area contributed by atoms with Crippen LogP contribution >= 0.6 is 0 Å². The van der Waals surface area contributed by atoms with Gasteiger partial charge in [-0.05, 0) is 45.6 Å². The summed E-state index contributed by atoms with van der Waals surface area (Å²) in [5.41, 5.74) is 4.98. The summed E-state index contributed by atoms with van der Waals surface area (Å²) in [5.74, 6) is 0.987. The van der Waals surface area contributed by atoms with Gasteiger partial charge in [-0.25, -0.2) is 0 Å². The number of methoxy groups -OCH3 is 1. The molecule has 1 aromatic heterocycles. The maximum absolute atomic E-state index is 12.0. The Kier molecular flexibility index (Phi) is 10.6. The van der Waals surface area contributed by atoms with E-state index in [1.807, 2.05) is 20.8 Å². The molecular weight excluding hydrogens is 374 g/mol. The maximum Gasteiger partial charge on any atom is 0.194 e. The van der Waals surface area contributed by atoms with Crippen molar-refractivity contribution < 1.29 is 9.84 Å². The van der Waals surface area contributed by atoms with Gasteiger partial charge in [-0.15, -0.1) is 0 Å². The normalized spacial score (nSPS) is 15.7. The zero-order valence-electron chi connectivity index (χ0n) is 19.9. The number of hydrogen-bond acceptors (Lipinski definition) is 3. The summed E-state index contributed by atoms with van der Waals surface area (Å²) in [7, 11) is 1.55. The van der Waals surface area contributed by atoms with E-state index in [1.54, 1.807) is 7.11 Å². The first-order chi connectivity index (χ1) is 14.0. The smallest absolute Gasteiger partial charge is 0.194 e. The average Bonchev–Trinajstić information content (AvgIpc) is 2.67. The predicted octanol–water partition coefficient (Wildman–Crippen LogP) is 5.67. The van der Waals surface area contributed by atoms with Crippen LogP contribution in [0.5, 0.6) is 5.88 Å². The van der Waals surface area contributed by atoms with E-state index in [1.165, 1.54) is 11.6 Å². The lowest BCUT2D eigenvalue weighted by Crippen LogP contribution is -2.17. The summed E-state index contributed by atoms with van der Waals surface area (Å²) < 4.78 is 5.16. The van der Waals surface area contributed by atoms with Crippen LogP contribution in [0.3, 0.4) is 0 Å². The van der Waals surface area contributed by atoms with Gasteiger partial charge in [-0.1, -0.05) is 62.3 Å². The van der Waals surface area contributed by atoms with Gasteiger partial charge in [0.15, 0.2) is 11.3 Å². The summed E-state index contributed by atoms with van der Waals surface area (Å²) in [4.78, 5) is 15.1. The molecular formula is C26H39NO3. The third-order valence-corrected chi connectivity index (χ3v) is 5.14. The van der Waals surface area contributed by atoms with E-state index in [0.29, 0.717) is 18.2 Å². The molecule has 1 rings (SSSR count). The SMILES string of the molecule is COc1cc(=O)c(C)c(C/C=C(\C)C/C=C/C(C)=C/C(C)C(O)/C(C)=C/C(C)C)[nH]1. The molecule has 30 heavy (non-hydrogen) atoms. The number of nitrogens with one attached hydrogen (secondary N) is 1. The second-order valence-electron chi connectivity index (χ2n) is 8.54.